The molecule has 1 aromatic carbocycles. The summed E-state index contributed by atoms with van der Waals surface area (Å²) in [6.07, 6.45) is 0. The van der Waals surface area contributed by atoms with E-state index in [0.717, 1.165) is 16.0 Å². The first kappa shape index (κ1) is 15.9. The lowest BCUT2D eigenvalue weighted by molar-refractivity contribution is 0.428. The van der Waals surface area contributed by atoms with Crippen molar-refractivity contribution in [2.45, 2.75) is 33.2 Å². The molecule has 5 heteroatoms. The fraction of sp³-hybridized carbons (Fsp3) is 0.333. The van der Waals surface area contributed by atoms with Crippen LogP contribution < -0.4 is 5.56 Å². The normalized spacial score (nSPS) is 11.5. The van der Waals surface area contributed by atoms with E-state index < -0.39 is 6.67 Å². The van der Waals surface area contributed by atoms with Crippen molar-refractivity contribution in [3.63, 3.8) is 0 Å². The van der Waals surface area contributed by atoms with Gasteiger partial charge in [0.15, 0.2) is 0 Å². The van der Waals surface area contributed by atoms with Crippen LogP contribution in [0.1, 0.15) is 31.2 Å². The summed E-state index contributed by atoms with van der Waals surface area (Å²) in [5.74, 6) is 0.723. The molecule has 0 aliphatic carbocycles. The molecule has 0 unspecified atom stereocenters. The number of hydrogen-bond acceptors (Lipinski definition) is 3. The van der Waals surface area contributed by atoms with E-state index in [1.165, 1.54) is 21.5 Å². The molecule has 2 aromatic heterocycles. The number of benzene rings is 1. The topological polar surface area (TPSA) is 34.9 Å². The van der Waals surface area contributed by atoms with Crippen molar-refractivity contribution >= 4 is 21.6 Å². The first-order valence-corrected chi connectivity index (χ1v) is 8.55. The van der Waals surface area contributed by atoms with E-state index >= 15 is 0 Å². The number of rotatable bonds is 4. The van der Waals surface area contributed by atoms with Crippen LogP contribution in [0, 0.1) is 6.92 Å². The molecule has 23 heavy (non-hydrogen) atoms. The number of aromatic nitrogens is 2. The van der Waals surface area contributed by atoms with Crippen LogP contribution in [0.4, 0.5) is 4.39 Å². The zero-order valence-electron chi connectivity index (χ0n) is 13.5. The van der Waals surface area contributed by atoms with E-state index in [-0.39, 0.29) is 18.0 Å². The Morgan fingerprint density at radius 3 is 2.57 bits per heavy atom. The summed E-state index contributed by atoms with van der Waals surface area (Å²) in [7, 11) is 0. The number of aryl methyl sites for hydroxylation is 1. The summed E-state index contributed by atoms with van der Waals surface area (Å²) >= 11 is 1.47. The molecule has 3 nitrogen and oxygen atoms in total. The second-order valence-corrected chi connectivity index (χ2v) is 6.82. The lowest BCUT2D eigenvalue weighted by atomic mass is 10.0. The van der Waals surface area contributed by atoms with E-state index in [1.807, 2.05) is 50.4 Å². The third-order valence-electron chi connectivity index (χ3n) is 3.91. The molecule has 0 fully saturated rings. The maximum atomic E-state index is 12.9. The fourth-order valence-corrected chi connectivity index (χ4v) is 3.67. The average molecular weight is 330 g/mol. The molecule has 0 atom stereocenters. The molecule has 0 amide bonds. The van der Waals surface area contributed by atoms with E-state index in [4.69, 9.17) is 0 Å². The molecule has 2 heterocycles. The summed E-state index contributed by atoms with van der Waals surface area (Å²) in [6, 6.07) is 8.06. The third-order valence-corrected chi connectivity index (χ3v) is 4.78. The minimum atomic E-state index is -0.573. The van der Waals surface area contributed by atoms with Gasteiger partial charge in [0.2, 0.25) is 0 Å². The largest absolute Gasteiger partial charge is 0.293 e. The van der Waals surface area contributed by atoms with E-state index in [9.17, 15) is 9.18 Å². The second kappa shape index (κ2) is 6.24. The maximum Gasteiger partial charge on any atom is 0.262 e. The van der Waals surface area contributed by atoms with E-state index in [0.29, 0.717) is 11.2 Å². The van der Waals surface area contributed by atoms with Crippen LogP contribution in [0.3, 0.4) is 0 Å². The molecule has 0 N–H and O–H groups in total. The van der Waals surface area contributed by atoms with Crippen LogP contribution in [-0.4, -0.2) is 16.2 Å². The molecule has 3 aromatic rings. The molecule has 0 aliphatic heterocycles. The second-order valence-electron chi connectivity index (χ2n) is 5.97. The first-order chi connectivity index (χ1) is 11.0. The Balaban J connectivity index is 2.29. The number of alkyl halides is 1. The van der Waals surface area contributed by atoms with Gasteiger partial charge in [-0.05, 0) is 12.5 Å². The number of halogens is 1. The van der Waals surface area contributed by atoms with Crippen LogP contribution in [0.5, 0.6) is 0 Å². The van der Waals surface area contributed by atoms with Crippen molar-refractivity contribution in [1.29, 1.82) is 0 Å². The van der Waals surface area contributed by atoms with Gasteiger partial charge in [-0.2, -0.15) is 0 Å². The quantitative estimate of drug-likeness (QED) is 0.704. The predicted octanol–water partition coefficient (Wildman–Crippen LogP) is 4.53. The van der Waals surface area contributed by atoms with Crippen molar-refractivity contribution in [3.05, 3.63) is 51.4 Å². The van der Waals surface area contributed by atoms with Crippen LogP contribution >= 0.6 is 11.3 Å². The fourth-order valence-electron chi connectivity index (χ4n) is 2.73. The standard InChI is InChI=1S/C18H19FN2OS/c1-11(2)16-20-17-15(18(22)21(16)9-8-19)14(10-23-17)13-6-4-12(3)5-7-13/h4-7,10-11H,8-9H2,1-3H3. The van der Waals surface area contributed by atoms with Gasteiger partial charge in [0.05, 0.1) is 11.9 Å². The number of thiophene rings is 1. The Morgan fingerprint density at radius 1 is 1.26 bits per heavy atom. The zero-order chi connectivity index (χ0) is 16.6. The summed E-state index contributed by atoms with van der Waals surface area (Å²) in [5.41, 5.74) is 2.90. The summed E-state index contributed by atoms with van der Waals surface area (Å²) in [6.45, 7) is 5.45. The Morgan fingerprint density at radius 2 is 1.96 bits per heavy atom. The monoisotopic (exact) mass is 330 g/mol. The highest BCUT2D eigenvalue weighted by Crippen LogP contribution is 2.31. The smallest absolute Gasteiger partial charge is 0.262 e. The van der Waals surface area contributed by atoms with Gasteiger partial charge < -0.3 is 0 Å². The van der Waals surface area contributed by atoms with Gasteiger partial charge in [-0.3, -0.25) is 9.36 Å². The lowest BCUT2D eigenvalue weighted by Gasteiger charge is -2.13. The molecule has 0 aliphatic rings. The predicted molar refractivity (Wildman–Crippen MR) is 94.1 cm³/mol. The Bertz CT molecular complexity index is 894. The molecule has 0 bridgehead atoms. The minimum absolute atomic E-state index is 0.0540. The third kappa shape index (κ3) is 2.81. The minimum Gasteiger partial charge on any atom is -0.293 e. The van der Waals surface area contributed by atoms with Crippen molar-refractivity contribution in [2.75, 3.05) is 6.67 Å². The molecular formula is C18H19FN2OS. The molecular weight excluding hydrogens is 311 g/mol. The van der Waals surface area contributed by atoms with Gasteiger partial charge in [-0.25, -0.2) is 9.37 Å². The van der Waals surface area contributed by atoms with Crippen LogP contribution in [0.15, 0.2) is 34.4 Å². The van der Waals surface area contributed by atoms with Gasteiger partial charge >= 0.3 is 0 Å². The molecule has 0 saturated heterocycles. The number of hydrogen-bond donors (Lipinski definition) is 0. The van der Waals surface area contributed by atoms with Crippen molar-refractivity contribution in [3.8, 4) is 11.1 Å². The highest BCUT2D eigenvalue weighted by atomic mass is 32.1. The van der Waals surface area contributed by atoms with Gasteiger partial charge in [-0.1, -0.05) is 43.7 Å². The Hall–Kier alpha value is -2.01. The van der Waals surface area contributed by atoms with Crippen molar-refractivity contribution in [1.82, 2.24) is 9.55 Å². The van der Waals surface area contributed by atoms with Crippen molar-refractivity contribution < 1.29 is 4.39 Å². The Kier molecular flexibility index (Phi) is 4.31. The van der Waals surface area contributed by atoms with E-state index in [1.54, 1.807) is 0 Å². The number of nitrogens with zero attached hydrogens (tertiary/aromatic N) is 2. The lowest BCUT2D eigenvalue weighted by Crippen LogP contribution is -2.26. The van der Waals surface area contributed by atoms with Crippen molar-refractivity contribution in [2.24, 2.45) is 0 Å². The summed E-state index contributed by atoms with van der Waals surface area (Å²) < 4.78 is 14.4. The molecule has 0 saturated carbocycles. The van der Waals surface area contributed by atoms with Gasteiger partial charge in [-0.15, -0.1) is 11.3 Å². The van der Waals surface area contributed by atoms with Gasteiger partial charge in [0.25, 0.3) is 5.56 Å². The Labute approximate surface area is 138 Å². The number of fused-ring (bicyclic) bond motifs is 1. The van der Waals surface area contributed by atoms with Gasteiger partial charge in [0.1, 0.15) is 17.3 Å². The highest BCUT2D eigenvalue weighted by molar-refractivity contribution is 7.17. The first-order valence-electron chi connectivity index (χ1n) is 7.68. The molecule has 0 spiro atoms. The maximum absolute atomic E-state index is 12.9. The highest BCUT2D eigenvalue weighted by Gasteiger charge is 2.18. The average Bonchev–Trinajstić information content (AvgIpc) is 2.95. The summed E-state index contributed by atoms with van der Waals surface area (Å²) in [5, 5.41) is 2.56. The molecule has 120 valence electrons. The van der Waals surface area contributed by atoms with E-state index in [2.05, 4.69) is 4.98 Å². The van der Waals surface area contributed by atoms with Gasteiger partial charge in [0, 0.05) is 16.9 Å². The SMILES string of the molecule is Cc1ccc(-c2csc3nc(C(C)C)n(CCF)c(=O)c23)cc1. The molecule has 0 radical (unpaired) electrons. The summed E-state index contributed by atoms with van der Waals surface area (Å²) in [4.78, 5) is 18.3. The van der Waals surface area contributed by atoms with Crippen LogP contribution in [-0.2, 0) is 6.54 Å². The molecule has 3 rings (SSSR count). The van der Waals surface area contributed by atoms with Crippen LogP contribution in [0.2, 0.25) is 0 Å². The van der Waals surface area contributed by atoms with Crippen LogP contribution in [0.25, 0.3) is 21.3 Å². The zero-order valence-corrected chi connectivity index (χ0v) is 14.3.